The summed E-state index contributed by atoms with van der Waals surface area (Å²) < 4.78 is 4.75. The molecule has 0 radical (unpaired) electrons. The molecule has 2 atom stereocenters. The van der Waals surface area contributed by atoms with Crippen LogP contribution in [0.15, 0.2) is 0 Å². The molecule has 0 aromatic carbocycles. The van der Waals surface area contributed by atoms with Gasteiger partial charge in [-0.2, -0.15) is 0 Å². The van der Waals surface area contributed by atoms with Gasteiger partial charge >= 0.3 is 11.9 Å². The number of hydrogen-bond acceptors (Lipinski definition) is 3. The molecule has 16 heavy (non-hydrogen) atoms. The number of rotatable bonds is 0. The van der Waals surface area contributed by atoms with E-state index >= 15 is 0 Å². The number of ether oxygens (including phenoxy) is 1. The van der Waals surface area contributed by atoms with Crippen LogP contribution in [0.5, 0.6) is 0 Å². The second kappa shape index (κ2) is 5.46. The summed E-state index contributed by atoms with van der Waals surface area (Å²) >= 11 is 0. The molecule has 3 nitrogen and oxygen atoms in total. The molecular formula is C13H20O3. The molecule has 1 heterocycles. The second-order valence-corrected chi connectivity index (χ2v) is 5.01. The lowest BCUT2D eigenvalue weighted by atomic mass is 9.86. The summed E-state index contributed by atoms with van der Waals surface area (Å²) in [5.74, 6) is -0.806. The van der Waals surface area contributed by atoms with E-state index < -0.39 is 0 Å². The van der Waals surface area contributed by atoms with Crippen molar-refractivity contribution in [2.75, 3.05) is 0 Å². The Balaban J connectivity index is 1.99. The number of cyclic esters (lactones) is 2. The van der Waals surface area contributed by atoms with Gasteiger partial charge in [-0.15, -0.1) is 0 Å². The highest BCUT2D eigenvalue weighted by Crippen LogP contribution is 2.33. The molecule has 2 aliphatic rings. The number of carbonyl (C=O) groups is 2. The molecule has 3 heteroatoms. The van der Waals surface area contributed by atoms with E-state index in [2.05, 4.69) is 0 Å². The van der Waals surface area contributed by atoms with Crippen LogP contribution in [0, 0.1) is 11.8 Å². The van der Waals surface area contributed by atoms with E-state index in [-0.39, 0.29) is 23.8 Å². The highest BCUT2D eigenvalue weighted by Gasteiger charge is 2.42. The first kappa shape index (κ1) is 11.6. The summed E-state index contributed by atoms with van der Waals surface area (Å²) in [6.45, 7) is 0. The summed E-state index contributed by atoms with van der Waals surface area (Å²) in [7, 11) is 0. The zero-order valence-corrected chi connectivity index (χ0v) is 9.74. The fourth-order valence-electron chi connectivity index (χ4n) is 2.83. The average molecular weight is 224 g/mol. The summed E-state index contributed by atoms with van der Waals surface area (Å²) in [6.07, 6.45) is 10.0. The monoisotopic (exact) mass is 224 g/mol. The Kier molecular flexibility index (Phi) is 3.97. The first-order valence-corrected chi connectivity index (χ1v) is 6.54. The molecule has 2 fully saturated rings. The van der Waals surface area contributed by atoms with Crippen molar-refractivity contribution >= 4 is 11.9 Å². The first-order chi connectivity index (χ1) is 7.79. The van der Waals surface area contributed by atoms with E-state index in [9.17, 15) is 9.59 Å². The van der Waals surface area contributed by atoms with Gasteiger partial charge in [0.15, 0.2) is 0 Å². The van der Waals surface area contributed by atoms with Gasteiger partial charge in [-0.05, 0) is 12.8 Å². The minimum atomic E-state index is -0.269. The molecule has 1 aliphatic carbocycles. The largest absolute Gasteiger partial charge is 0.393 e. The van der Waals surface area contributed by atoms with Gasteiger partial charge in [0.2, 0.25) is 0 Å². The van der Waals surface area contributed by atoms with Gasteiger partial charge in [-0.1, -0.05) is 44.9 Å². The molecule has 1 saturated heterocycles. The van der Waals surface area contributed by atoms with E-state index in [1.54, 1.807) is 0 Å². The van der Waals surface area contributed by atoms with Crippen molar-refractivity contribution in [1.82, 2.24) is 0 Å². The van der Waals surface area contributed by atoms with E-state index in [1.807, 2.05) is 0 Å². The summed E-state index contributed by atoms with van der Waals surface area (Å²) in [5, 5.41) is 0. The number of carbonyl (C=O) groups excluding carboxylic acids is 2. The first-order valence-electron chi connectivity index (χ1n) is 6.54. The summed E-state index contributed by atoms with van der Waals surface area (Å²) in [6, 6.07) is 0. The van der Waals surface area contributed by atoms with Crippen LogP contribution < -0.4 is 0 Å². The van der Waals surface area contributed by atoms with Gasteiger partial charge in [-0.25, -0.2) is 0 Å². The lowest BCUT2D eigenvalue weighted by Crippen LogP contribution is -2.17. The molecule has 0 N–H and O–H groups in total. The normalized spacial score (nSPS) is 32.8. The minimum absolute atomic E-state index is 0.134. The van der Waals surface area contributed by atoms with E-state index in [1.165, 1.54) is 32.1 Å². The van der Waals surface area contributed by atoms with Crippen molar-refractivity contribution < 1.29 is 14.3 Å². The molecule has 0 spiro atoms. The Morgan fingerprint density at radius 1 is 0.688 bits per heavy atom. The maximum absolute atomic E-state index is 11.5. The molecule has 0 bridgehead atoms. The molecular weight excluding hydrogens is 204 g/mol. The molecule has 0 aromatic rings. The van der Waals surface area contributed by atoms with Crippen LogP contribution in [0.1, 0.15) is 57.8 Å². The number of fused-ring (bicyclic) bond motifs is 1. The zero-order chi connectivity index (χ0) is 11.4. The van der Waals surface area contributed by atoms with Gasteiger partial charge in [0.05, 0.1) is 11.8 Å². The van der Waals surface area contributed by atoms with Crippen molar-refractivity contribution in [3.05, 3.63) is 0 Å². The third kappa shape index (κ3) is 2.63. The third-order valence-electron chi connectivity index (χ3n) is 3.82. The molecule has 0 amide bonds. The van der Waals surface area contributed by atoms with Gasteiger partial charge < -0.3 is 4.74 Å². The van der Waals surface area contributed by atoms with Crippen LogP contribution in [-0.4, -0.2) is 11.9 Å². The lowest BCUT2D eigenvalue weighted by Gasteiger charge is -2.12. The fraction of sp³-hybridized carbons (Fsp3) is 0.846. The zero-order valence-electron chi connectivity index (χ0n) is 9.74. The highest BCUT2D eigenvalue weighted by molar-refractivity contribution is 5.96. The van der Waals surface area contributed by atoms with E-state index in [4.69, 9.17) is 4.74 Å². The van der Waals surface area contributed by atoms with Crippen molar-refractivity contribution in [1.29, 1.82) is 0 Å². The number of esters is 2. The SMILES string of the molecule is O=C1OC(=O)[C@H]2CCCCCCCCC[C@H]12. The van der Waals surface area contributed by atoms with Crippen LogP contribution in [-0.2, 0) is 14.3 Å². The molecule has 0 unspecified atom stereocenters. The van der Waals surface area contributed by atoms with Crippen LogP contribution in [0.2, 0.25) is 0 Å². The third-order valence-corrected chi connectivity index (χ3v) is 3.82. The topological polar surface area (TPSA) is 43.4 Å². The van der Waals surface area contributed by atoms with E-state index in [0.29, 0.717) is 0 Å². The quantitative estimate of drug-likeness (QED) is 0.469. The molecule has 0 aromatic heterocycles. The van der Waals surface area contributed by atoms with Gasteiger partial charge in [0, 0.05) is 0 Å². The predicted molar refractivity (Wildman–Crippen MR) is 59.6 cm³/mol. The Bertz CT molecular complexity index is 246. The molecule has 1 aliphatic heterocycles. The fourth-order valence-corrected chi connectivity index (χ4v) is 2.83. The maximum atomic E-state index is 11.5. The van der Waals surface area contributed by atoms with Crippen LogP contribution >= 0.6 is 0 Å². The van der Waals surface area contributed by atoms with Crippen LogP contribution in [0.25, 0.3) is 0 Å². The standard InChI is InChI=1S/C13H20O3/c14-12-10-8-6-4-2-1-3-5-7-9-11(10)13(15)16-12/h10-11H,1-9H2/t10-,11-/m0/s1. The predicted octanol–water partition coefficient (Wildman–Crippen LogP) is 2.83. The molecule has 90 valence electrons. The summed E-state index contributed by atoms with van der Waals surface area (Å²) in [4.78, 5) is 23.1. The summed E-state index contributed by atoms with van der Waals surface area (Å²) in [5.41, 5.74) is 0. The maximum Gasteiger partial charge on any atom is 0.317 e. The smallest absolute Gasteiger partial charge is 0.317 e. The van der Waals surface area contributed by atoms with Gasteiger partial charge in [-0.3, -0.25) is 9.59 Å². The van der Waals surface area contributed by atoms with Crippen LogP contribution in [0.3, 0.4) is 0 Å². The Morgan fingerprint density at radius 2 is 1.06 bits per heavy atom. The van der Waals surface area contributed by atoms with Crippen molar-refractivity contribution in [3.8, 4) is 0 Å². The Labute approximate surface area is 96.5 Å². The average Bonchev–Trinajstić information content (AvgIpc) is 2.51. The van der Waals surface area contributed by atoms with Crippen LogP contribution in [0.4, 0.5) is 0 Å². The van der Waals surface area contributed by atoms with Gasteiger partial charge in [0.1, 0.15) is 0 Å². The second-order valence-electron chi connectivity index (χ2n) is 5.01. The number of hydrogen-bond donors (Lipinski definition) is 0. The molecule has 2 rings (SSSR count). The lowest BCUT2D eigenvalue weighted by molar-refractivity contribution is -0.153. The highest BCUT2D eigenvalue weighted by atomic mass is 16.6. The van der Waals surface area contributed by atoms with Crippen molar-refractivity contribution in [2.24, 2.45) is 11.8 Å². The Morgan fingerprint density at radius 3 is 1.50 bits per heavy atom. The van der Waals surface area contributed by atoms with E-state index in [0.717, 1.165) is 25.7 Å². The van der Waals surface area contributed by atoms with Crippen molar-refractivity contribution in [2.45, 2.75) is 57.8 Å². The van der Waals surface area contributed by atoms with Crippen molar-refractivity contribution in [3.63, 3.8) is 0 Å². The molecule has 1 saturated carbocycles. The Hall–Kier alpha value is -0.860. The van der Waals surface area contributed by atoms with Gasteiger partial charge in [0.25, 0.3) is 0 Å². The minimum Gasteiger partial charge on any atom is -0.393 e.